The van der Waals surface area contributed by atoms with Crippen LogP contribution >= 0.6 is 11.6 Å². The topological polar surface area (TPSA) is 52.2 Å². The second-order valence-corrected chi connectivity index (χ2v) is 5.50. The lowest BCUT2D eigenvalue weighted by atomic mass is 10.1. The summed E-state index contributed by atoms with van der Waals surface area (Å²) in [5.74, 6) is -0.705. The predicted molar refractivity (Wildman–Crippen MR) is 87.1 cm³/mol. The van der Waals surface area contributed by atoms with Gasteiger partial charge in [-0.3, -0.25) is 4.79 Å². The summed E-state index contributed by atoms with van der Waals surface area (Å²) in [6, 6.07) is 11.9. The fraction of sp³-hybridized carbons (Fsp3) is 0.176. The molecule has 0 aliphatic carbocycles. The first-order chi connectivity index (χ1) is 10.6. The van der Waals surface area contributed by atoms with E-state index >= 15 is 0 Å². The SMILES string of the molecule is CCCc1ccc(-n2c(=O)oc3ccc(Cl)cc3c2=O)cc1. The number of nitrogens with zero attached hydrogens (tertiary/aromatic N) is 1. The van der Waals surface area contributed by atoms with E-state index in [9.17, 15) is 9.59 Å². The minimum Gasteiger partial charge on any atom is -0.409 e. The number of hydrogen-bond acceptors (Lipinski definition) is 3. The molecule has 0 fully saturated rings. The van der Waals surface area contributed by atoms with Crippen LogP contribution < -0.4 is 11.3 Å². The molecule has 0 radical (unpaired) electrons. The minimum atomic E-state index is -0.705. The third-order valence-corrected chi connectivity index (χ3v) is 3.72. The molecule has 0 bridgehead atoms. The Morgan fingerprint density at radius 2 is 1.82 bits per heavy atom. The van der Waals surface area contributed by atoms with Crippen LogP contribution in [-0.4, -0.2) is 4.57 Å². The zero-order chi connectivity index (χ0) is 15.7. The van der Waals surface area contributed by atoms with Gasteiger partial charge in [0.1, 0.15) is 5.58 Å². The predicted octanol–water partition coefficient (Wildman–Crippen LogP) is 3.55. The first-order valence-electron chi connectivity index (χ1n) is 7.05. The molecule has 0 aliphatic rings. The van der Waals surface area contributed by atoms with Crippen LogP contribution in [0.15, 0.2) is 56.5 Å². The Morgan fingerprint density at radius 3 is 2.50 bits per heavy atom. The summed E-state index contributed by atoms with van der Waals surface area (Å²) in [4.78, 5) is 24.7. The van der Waals surface area contributed by atoms with Gasteiger partial charge in [0.15, 0.2) is 0 Å². The van der Waals surface area contributed by atoms with Gasteiger partial charge in [-0.1, -0.05) is 37.1 Å². The highest BCUT2D eigenvalue weighted by Gasteiger charge is 2.11. The lowest BCUT2D eigenvalue weighted by Crippen LogP contribution is -2.30. The van der Waals surface area contributed by atoms with Gasteiger partial charge >= 0.3 is 5.76 Å². The van der Waals surface area contributed by atoms with Crippen LogP contribution in [0.4, 0.5) is 0 Å². The molecule has 22 heavy (non-hydrogen) atoms. The second kappa shape index (κ2) is 5.81. The normalized spacial score (nSPS) is 11.0. The maximum Gasteiger partial charge on any atom is 0.426 e. The molecule has 2 aromatic carbocycles. The van der Waals surface area contributed by atoms with Crippen molar-refractivity contribution in [3.8, 4) is 5.69 Å². The van der Waals surface area contributed by atoms with Gasteiger partial charge in [-0.05, 0) is 42.3 Å². The highest BCUT2D eigenvalue weighted by Crippen LogP contribution is 2.16. The van der Waals surface area contributed by atoms with Gasteiger partial charge in [0.05, 0.1) is 11.1 Å². The molecule has 1 aromatic heterocycles. The van der Waals surface area contributed by atoms with E-state index < -0.39 is 11.3 Å². The monoisotopic (exact) mass is 315 g/mol. The van der Waals surface area contributed by atoms with Crippen molar-refractivity contribution in [2.24, 2.45) is 0 Å². The third-order valence-electron chi connectivity index (χ3n) is 3.49. The van der Waals surface area contributed by atoms with Crippen LogP contribution in [0.1, 0.15) is 18.9 Å². The van der Waals surface area contributed by atoms with E-state index in [0.29, 0.717) is 10.7 Å². The standard InChI is InChI=1S/C17H14ClNO3/c1-2-3-11-4-7-13(8-5-11)19-16(20)14-10-12(18)6-9-15(14)22-17(19)21/h4-10H,2-3H2,1H3. The molecule has 3 aromatic rings. The van der Waals surface area contributed by atoms with Crippen LogP contribution in [-0.2, 0) is 6.42 Å². The number of aromatic nitrogens is 1. The molecule has 112 valence electrons. The van der Waals surface area contributed by atoms with E-state index in [-0.39, 0.29) is 11.0 Å². The lowest BCUT2D eigenvalue weighted by Gasteiger charge is -2.06. The number of rotatable bonds is 3. The summed E-state index contributed by atoms with van der Waals surface area (Å²) in [6.07, 6.45) is 1.99. The number of aryl methyl sites for hydroxylation is 1. The Balaban J connectivity index is 2.22. The van der Waals surface area contributed by atoms with E-state index in [1.807, 2.05) is 12.1 Å². The summed E-state index contributed by atoms with van der Waals surface area (Å²) >= 11 is 5.92. The fourth-order valence-corrected chi connectivity index (χ4v) is 2.60. The maximum atomic E-state index is 12.6. The fourth-order valence-electron chi connectivity index (χ4n) is 2.42. The Bertz CT molecular complexity index is 939. The molecule has 0 atom stereocenters. The molecule has 0 saturated carbocycles. The van der Waals surface area contributed by atoms with Gasteiger partial charge in [-0.2, -0.15) is 0 Å². The molecule has 0 aliphatic heterocycles. The van der Waals surface area contributed by atoms with Gasteiger partial charge in [0, 0.05) is 5.02 Å². The molecule has 0 amide bonds. The van der Waals surface area contributed by atoms with Crippen molar-refractivity contribution in [3.63, 3.8) is 0 Å². The minimum absolute atomic E-state index is 0.234. The highest BCUT2D eigenvalue weighted by atomic mass is 35.5. The number of fused-ring (bicyclic) bond motifs is 1. The number of halogens is 1. The van der Waals surface area contributed by atoms with Crippen molar-refractivity contribution in [1.29, 1.82) is 0 Å². The van der Waals surface area contributed by atoms with Gasteiger partial charge in [0.2, 0.25) is 0 Å². The van der Waals surface area contributed by atoms with E-state index in [1.54, 1.807) is 18.2 Å². The van der Waals surface area contributed by atoms with Crippen molar-refractivity contribution in [1.82, 2.24) is 4.57 Å². The number of benzene rings is 2. The first-order valence-corrected chi connectivity index (χ1v) is 7.42. The second-order valence-electron chi connectivity index (χ2n) is 5.07. The quantitative estimate of drug-likeness (QED) is 0.742. The summed E-state index contributed by atoms with van der Waals surface area (Å²) in [5.41, 5.74) is 1.45. The van der Waals surface area contributed by atoms with Crippen molar-refractivity contribution in [2.45, 2.75) is 19.8 Å². The van der Waals surface area contributed by atoms with Gasteiger partial charge < -0.3 is 4.42 Å². The van der Waals surface area contributed by atoms with Gasteiger partial charge in [-0.15, -0.1) is 0 Å². The van der Waals surface area contributed by atoms with Crippen LogP contribution in [0, 0.1) is 0 Å². The van der Waals surface area contributed by atoms with E-state index in [4.69, 9.17) is 16.0 Å². The largest absolute Gasteiger partial charge is 0.426 e. The third kappa shape index (κ3) is 2.57. The molecular formula is C17H14ClNO3. The Morgan fingerprint density at radius 1 is 1.09 bits per heavy atom. The molecule has 5 heteroatoms. The number of hydrogen-bond donors (Lipinski definition) is 0. The van der Waals surface area contributed by atoms with Gasteiger partial charge in [-0.25, -0.2) is 9.36 Å². The molecular weight excluding hydrogens is 302 g/mol. The molecule has 1 heterocycles. The Kier molecular flexibility index (Phi) is 3.86. The smallest absolute Gasteiger partial charge is 0.409 e. The molecule has 0 saturated heterocycles. The average molecular weight is 316 g/mol. The Labute approximate surface area is 131 Å². The lowest BCUT2D eigenvalue weighted by molar-refractivity contribution is 0.504. The van der Waals surface area contributed by atoms with Crippen molar-refractivity contribution < 1.29 is 4.42 Å². The maximum absolute atomic E-state index is 12.6. The van der Waals surface area contributed by atoms with Crippen molar-refractivity contribution in [2.75, 3.05) is 0 Å². The van der Waals surface area contributed by atoms with E-state index in [2.05, 4.69) is 6.92 Å². The van der Waals surface area contributed by atoms with Crippen molar-refractivity contribution >= 4 is 22.6 Å². The first kappa shape index (κ1) is 14.6. The summed E-state index contributed by atoms with van der Waals surface area (Å²) in [6.45, 7) is 2.10. The Hall–Kier alpha value is -2.33. The van der Waals surface area contributed by atoms with Crippen molar-refractivity contribution in [3.05, 3.63) is 74.0 Å². The summed E-state index contributed by atoms with van der Waals surface area (Å²) in [5, 5.41) is 0.702. The van der Waals surface area contributed by atoms with E-state index in [0.717, 1.165) is 23.0 Å². The molecule has 0 N–H and O–H groups in total. The van der Waals surface area contributed by atoms with Crippen LogP contribution in [0.3, 0.4) is 0 Å². The van der Waals surface area contributed by atoms with Crippen LogP contribution in [0.2, 0.25) is 5.02 Å². The summed E-state index contributed by atoms with van der Waals surface area (Å²) in [7, 11) is 0. The van der Waals surface area contributed by atoms with Gasteiger partial charge in [0.25, 0.3) is 5.56 Å². The average Bonchev–Trinajstić information content (AvgIpc) is 2.50. The zero-order valence-electron chi connectivity index (χ0n) is 12.0. The zero-order valence-corrected chi connectivity index (χ0v) is 12.8. The molecule has 4 nitrogen and oxygen atoms in total. The summed E-state index contributed by atoms with van der Waals surface area (Å²) < 4.78 is 6.23. The van der Waals surface area contributed by atoms with Crippen LogP contribution in [0.5, 0.6) is 0 Å². The van der Waals surface area contributed by atoms with E-state index in [1.165, 1.54) is 12.1 Å². The molecule has 3 rings (SSSR count). The molecule has 0 spiro atoms. The highest BCUT2D eigenvalue weighted by molar-refractivity contribution is 6.31. The van der Waals surface area contributed by atoms with Crippen LogP contribution in [0.25, 0.3) is 16.7 Å². The molecule has 0 unspecified atom stereocenters.